The molecular formula is C21H23ClN4O4. The molecule has 0 aliphatic carbocycles. The number of carbonyl (C=O) groups is 2. The van der Waals surface area contributed by atoms with Crippen LogP contribution in [0.3, 0.4) is 0 Å². The van der Waals surface area contributed by atoms with Crippen LogP contribution in [0.25, 0.3) is 0 Å². The van der Waals surface area contributed by atoms with Gasteiger partial charge in [-0.15, -0.1) is 0 Å². The van der Waals surface area contributed by atoms with Crippen molar-refractivity contribution in [2.45, 2.75) is 0 Å². The van der Waals surface area contributed by atoms with Gasteiger partial charge in [-0.2, -0.15) is 5.10 Å². The van der Waals surface area contributed by atoms with Crippen molar-refractivity contribution in [1.29, 1.82) is 0 Å². The monoisotopic (exact) mass is 430 g/mol. The van der Waals surface area contributed by atoms with Crippen molar-refractivity contribution >= 4 is 35.3 Å². The van der Waals surface area contributed by atoms with Gasteiger partial charge in [-0.3, -0.25) is 14.5 Å². The van der Waals surface area contributed by atoms with Crippen molar-refractivity contribution in [3.63, 3.8) is 0 Å². The van der Waals surface area contributed by atoms with E-state index < -0.39 is 0 Å². The molecule has 0 bridgehead atoms. The van der Waals surface area contributed by atoms with Gasteiger partial charge in [-0.05, 0) is 48.0 Å². The number of hydrazone groups is 1. The maximum absolute atomic E-state index is 12.0. The van der Waals surface area contributed by atoms with Crippen molar-refractivity contribution in [3.05, 3.63) is 59.1 Å². The van der Waals surface area contributed by atoms with E-state index in [1.807, 2.05) is 4.90 Å². The van der Waals surface area contributed by atoms with Gasteiger partial charge in [0.25, 0.3) is 11.8 Å². The molecule has 158 valence electrons. The van der Waals surface area contributed by atoms with Crippen LogP contribution in [0.2, 0.25) is 5.02 Å². The molecule has 2 aromatic carbocycles. The van der Waals surface area contributed by atoms with Crippen molar-refractivity contribution in [2.75, 3.05) is 44.8 Å². The Morgan fingerprint density at radius 3 is 2.63 bits per heavy atom. The predicted octanol–water partition coefficient (Wildman–Crippen LogP) is 2.14. The van der Waals surface area contributed by atoms with Crippen molar-refractivity contribution in [2.24, 2.45) is 5.10 Å². The molecule has 0 saturated carbocycles. The summed E-state index contributed by atoms with van der Waals surface area (Å²) >= 11 is 5.89. The predicted molar refractivity (Wildman–Crippen MR) is 115 cm³/mol. The first-order chi connectivity index (χ1) is 14.6. The maximum Gasteiger partial charge on any atom is 0.262 e. The van der Waals surface area contributed by atoms with Crippen LogP contribution in [0.4, 0.5) is 5.69 Å². The lowest BCUT2D eigenvalue weighted by Gasteiger charge is -2.25. The Morgan fingerprint density at radius 1 is 1.13 bits per heavy atom. The van der Waals surface area contributed by atoms with Gasteiger partial charge >= 0.3 is 0 Å². The molecule has 9 heteroatoms. The summed E-state index contributed by atoms with van der Waals surface area (Å²) in [6.07, 6.45) is 1.55. The number of amides is 2. The second-order valence-corrected chi connectivity index (χ2v) is 7.03. The van der Waals surface area contributed by atoms with Crippen LogP contribution < -0.4 is 15.5 Å². The molecule has 1 aliphatic rings. The highest BCUT2D eigenvalue weighted by Gasteiger charge is 2.13. The molecule has 1 fully saturated rings. The van der Waals surface area contributed by atoms with Gasteiger partial charge in [0.2, 0.25) is 0 Å². The topological polar surface area (TPSA) is 92.3 Å². The van der Waals surface area contributed by atoms with E-state index in [4.69, 9.17) is 21.1 Å². The molecule has 0 radical (unpaired) electrons. The summed E-state index contributed by atoms with van der Waals surface area (Å²) in [5.41, 5.74) is 3.91. The van der Waals surface area contributed by atoms with E-state index in [-0.39, 0.29) is 18.4 Å². The van der Waals surface area contributed by atoms with E-state index in [1.165, 1.54) is 0 Å². The molecule has 0 aromatic heterocycles. The Bertz CT molecular complexity index is 883. The summed E-state index contributed by atoms with van der Waals surface area (Å²) < 4.78 is 10.7. The number of carbonyl (C=O) groups excluding carboxylic acids is 2. The zero-order valence-corrected chi connectivity index (χ0v) is 17.1. The van der Waals surface area contributed by atoms with Gasteiger partial charge in [0.1, 0.15) is 5.75 Å². The summed E-state index contributed by atoms with van der Waals surface area (Å²) in [6, 6.07) is 13.9. The maximum atomic E-state index is 12.0. The Kier molecular flexibility index (Phi) is 8.20. The second-order valence-electron chi connectivity index (χ2n) is 6.60. The smallest absolute Gasteiger partial charge is 0.262 e. The molecule has 30 heavy (non-hydrogen) atoms. The second kappa shape index (κ2) is 11.3. The summed E-state index contributed by atoms with van der Waals surface area (Å²) in [4.78, 5) is 25.9. The van der Waals surface area contributed by atoms with E-state index in [9.17, 15) is 9.59 Å². The minimum absolute atomic E-state index is 0.127. The fourth-order valence-electron chi connectivity index (χ4n) is 2.74. The minimum Gasteiger partial charge on any atom is -0.484 e. The van der Waals surface area contributed by atoms with Crippen molar-refractivity contribution in [3.8, 4) is 5.75 Å². The van der Waals surface area contributed by atoms with Crippen molar-refractivity contribution < 1.29 is 19.1 Å². The zero-order valence-electron chi connectivity index (χ0n) is 16.3. The van der Waals surface area contributed by atoms with Crippen LogP contribution in [-0.2, 0) is 14.3 Å². The fourth-order valence-corrected chi connectivity index (χ4v) is 2.93. The van der Waals surface area contributed by atoms with E-state index >= 15 is 0 Å². The summed E-state index contributed by atoms with van der Waals surface area (Å²) in [6.45, 7) is 2.95. The Hall–Kier alpha value is -2.94. The minimum atomic E-state index is -0.286. The Balaban J connectivity index is 1.39. The lowest BCUT2D eigenvalue weighted by atomic mass is 10.2. The Labute approximate surface area is 179 Å². The number of halogens is 1. The van der Waals surface area contributed by atoms with Gasteiger partial charge in [0, 0.05) is 23.8 Å². The number of nitrogens with one attached hydrogen (secondary N) is 2. The molecule has 2 aromatic rings. The largest absolute Gasteiger partial charge is 0.484 e. The van der Waals surface area contributed by atoms with Gasteiger partial charge in [0.15, 0.2) is 6.61 Å². The zero-order chi connectivity index (χ0) is 21.2. The average molecular weight is 431 g/mol. The average Bonchev–Trinajstić information content (AvgIpc) is 2.74. The van der Waals surface area contributed by atoms with Crippen LogP contribution in [0, 0.1) is 0 Å². The van der Waals surface area contributed by atoms with E-state index in [2.05, 4.69) is 15.8 Å². The number of benzene rings is 2. The third-order valence-corrected chi connectivity index (χ3v) is 4.47. The third kappa shape index (κ3) is 7.47. The van der Waals surface area contributed by atoms with Gasteiger partial charge in [0.05, 0.1) is 26.0 Å². The SMILES string of the molecule is O=C(CN1CCOCC1)N/N=C\c1ccc(OCC(=O)Nc2cccc(Cl)c2)cc1. The van der Waals surface area contributed by atoms with Crippen LogP contribution in [0.5, 0.6) is 5.75 Å². The molecule has 8 nitrogen and oxygen atoms in total. The fraction of sp³-hybridized carbons (Fsp3) is 0.286. The van der Waals surface area contributed by atoms with Gasteiger partial charge in [-0.1, -0.05) is 17.7 Å². The molecule has 0 atom stereocenters. The third-order valence-electron chi connectivity index (χ3n) is 4.23. The number of rotatable bonds is 8. The number of hydrogen-bond acceptors (Lipinski definition) is 6. The molecule has 3 rings (SSSR count). The standard InChI is InChI=1S/C21H23ClN4O4/c22-17-2-1-3-18(12-17)24-21(28)15-30-19-6-4-16(5-7-19)13-23-25-20(27)14-26-8-10-29-11-9-26/h1-7,12-13H,8-11,14-15H2,(H,24,28)(H,25,27)/b23-13-. The molecule has 0 spiro atoms. The Morgan fingerprint density at radius 2 is 1.90 bits per heavy atom. The molecule has 0 unspecified atom stereocenters. The van der Waals surface area contributed by atoms with Crippen molar-refractivity contribution in [1.82, 2.24) is 10.3 Å². The van der Waals surface area contributed by atoms with Gasteiger partial charge < -0.3 is 14.8 Å². The highest BCUT2D eigenvalue weighted by molar-refractivity contribution is 6.30. The first-order valence-electron chi connectivity index (χ1n) is 9.49. The van der Waals surface area contributed by atoms with Crippen LogP contribution in [0.15, 0.2) is 53.6 Å². The highest BCUT2D eigenvalue weighted by atomic mass is 35.5. The molecule has 2 amide bonds. The quantitative estimate of drug-likeness (QED) is 0.494. The summed E-state index contributed by atoms with van der Waals surface area (Å²) in [5.74, 6) is 0.0921. The highest BCUT2D eigenvalue weighted by Crippen LogP contribution is 2.15. The van der Waals surface area contributed by atoms with E-state index in [1.54, 1.807) is 54.7 Å². The molecule has 1 saturated heterocycles. The van der Waals surface area contributed by atoms with E-state index in [0.717, 1.165) is 18.7 Å². The first kappa shape index (κ1) is 21.8. The number of hydrogen-bond donors (Lipinski definition) is 2. The molecule has 1 aliphatic heterocycles. The molecular weight excluding hydrogens is 408 g/mol. The van der Waals surface area contributed by atoms with Crippen LogP contribution in [0.1, 0.15) is 5.56 Å². The van der Waals surface area contributed by atoms with E-state index in [0.29, 0.717) is 36.2 Å². The summed E-state index contributed by atoms with van der Waals surface area (Å²) in [7, 11) is 0. The number of anilines is 1. The number of nitrogens with zero attached hydrogens (tertiary/aromatic N) is 2. The number of ether oxygens (including phenoxy) is 2. The lowest BCUT2D eigenvalue weighted by Crippen LogP contribution is -2.42. The van der Waals surface area contributed by atoms with Gasteiger partial charge in [-0.25, -0.2) is 5.43 Å². The van der Waals surface area contributed by atoms with Crippen LogP contribution >= 0.6 is 11.6 Å². The summed E-state index contributed by atoms with van der Waals surface area (Å²) in [5, 5.41) is 7.22. The lowest BCUT2D eigenvalue weighted by molar-refractivity contribution is -0.123. The molecule has 1 heterocycles. The number of morpholine rings is 1. The molecule has 2 N–H and O–H groups in total. The normalized spacial score (nSPS) is 14.4. The van der Waals surface area contributed by atoms with Crippen LogP contribution in [-0.4, -0.2) is 62.4 Å². The first-order valence-corrected chi connectivity index (χ1v) is 9.86.